The average Bonchev–Trinajstić information content (AvgIpc) is 2.97. The van der Waals surface area contributed by atoms with Crippen LogP contribution >= 0.6 is 0 Å². The lowest BCUT2D eigenvalue weighted by Gasteiger charge is -2.28. The highest BCUT2D eigenvalue weighted by Gasteiger charge is 2.28. The molecule has 4 rings (SSSR count). The average molecular weight is 554 g/mol. The lowest BCUT2D eigenvalue weighted by Crippen LogP contribution is -2.49. The van der Waals surface area contributed by atoms with Crippen LogP contribution in [0.25, 0.3) is 0 Å². The van der Waals surface area contributed by atoms with Gasteiger partial charge in [0, 0.05) is 44.0 Å². The summed E-state index contributed by atoms with van der Waals surface area (Å²) in [6.45, 7) is 4.08. The molecule has 0 saturated carbocycles. The molecule has 2 N–H and O–H groups in total. The molecule has 2 amide bonds. The smallest absolute Gasteiger partial charge is 0.242 e. The number of ketones is 1. The van der Waals surface area contributed by atoms with Crippen molar-refractivity contribution < 1.29 is 28.2 Å². The van der Waals surface area contributed by atoms with Crippen molar-refractivity contribution in [3.63, 3.8) is 0 Å². The Labute approximate surface area is 235 Å². The Morgan fingerprint density at radius 1 is 1.02 bits per heavy atom. The largest absolute Gasteiger partial charge is 0.494 e. The predicted octanol–water partition coefficient (Wildman–Crippen LogP) is 3.42. The van der Waals surface area contributed by atoms with Gasteiger partial charge in [-0.1, -0.05) is 30.3 Å². The van der Waals surface area contributed by atoms with E-state index in [0.717, 1.165) is 24.4 Å². The number of hydrogen-bond acceptors (Lipinski definition) is 6. The van der Waals surface area contributed by atoms with E-state index in [1.165, 1.54) is 6.07 Å². The first-order valence-electron chi connectivity index (χ1n) is 14.3. The lowest BCUT2D eigenvalue weighted by atomic mass is 9.93. The number of halogens is 1. The summed E-state index contributed by atoms with van der Waals surface area (Å²) in [7, 11) is 0. The molecule has 1 fully saturated rings. The van der Waals surface area contributed by atoms with Crippen molar-refractivity contribution in [1.82, 2.24) is 15.5 Å². The quantitative estimate of drug-likeness (QED) is 0.569. The number of morpholine rings is 1. The molecule has 2 aliphatic heterocycles. The van der Waals surface area contributed by atoms with Crippen molar-refractivity contribution in [3.05, 3.63) is 65.5 Å². The molecule has 0 spiro atoms. The number of hydrogen-bond donors (Lipinski definition) is 2. The van der Waals surface area contributed by atoms with E-state index in [1.807, 2.05) is 24.3 Å². The standard InChI is InChI=1S/C31H40FN3O5/c32-28-9-2-1-7-25(28)22-33-31(38)29-10-3-4-17-40-27-8-5-6-23(20-27)11-12-26(36)21-24(30(37)34-29)13-14-35-15-18-39-19-16-35/h1-2,5-9,20,24,29H,3-4,10-19,21-22H2,(H,33,38)(H,34,37)/t24-,29+/m1/s1. The van der Waals surface area contributed by atoms with Gasteiger partial charge in [-0.05, 0) is 62.4 Å². The summed E-state index contributed by atoms with van der Waals surface area (Å²) in [5.41, 5.74) is 1.40. The van der Waals surface area contributed by atoms with E-state index in [4.69, 9.17) is 9.47 Å². The molecular formula is C31H40FN3O5. The van der Waals surface area contributed by atoms with Gasteiger partial charge in [0.05, 0.1) is 19.8 Å². The van der Waals surface area contributed by atoms with E-state index in [1.54, 1.807) is 18.2 Å². The molecule has 0 radical (unpaired) electrons. The van der Waals surface area contributed by atoms with Crippen LogP contribution in [-0.2, 0) is 32.1 Å². The molecular weight excluding hydrogens is 513 g/mol. The Bertz CT molecular complexity index is 1140. The first-order chi connectivity index (χ1) is 19.5. The number of benzene rings is 2. The van der Waals surface area contributed by atoms with Crippen LogP contribution in [0.4, 0.5) is 4.39 Å². The van der Waals surface area contributed by atoms with Gasteiger partial charge in [-0.2, -0.15) is 0 Å². The van der Waals surface area contributed by atoms with Crippen LogP contribution < -0.4 is 15.4 Å². The molecule has 0 aliphatic carbocycles. The van der Waals surface area contributed by atoms with Gasteiger partial charge in [0.15, 0.2) is 0 Å². The van der Waals surface area contributed by atoms with E-state index in [0.29, 0.717) is 70.5 Å². The van der Waals surface area contributed by atoms with Gasteiger partial charge in [-0.3, -0.25) is 19.3 Å². The Hall–Kier alpha value is -3.30. The first-order valence-corrected chi connectivity index (χ1v) is 14.3. The number of nitrogens with zero attached hydrogens (tertiary/aromatic N) is 1. The number of rotatable bonds is 6. The minimum Gasteiger partial charge on any atom is -0.494 e. The molecule has 40 heavy (non-hydrogen) atoms. The molecule has 2 atom stereocenters. The number of carbonyl (C=O) groups excluding carboxylic acids is 3. The maximum Gasteiger partial charge on any atom is 0.242 e. The van der Waals surface area contributed by atoms with Crippen LogP contribution in [0, 0.1) is 11.7 Å². The minimum atomic E-state index is -0.795. The van der Waals surface area contributed by atoms with Gasteiger partial charge in [0.25, 0.3) is 0 Å². The number of nitrogens with one attached hydrogen (secondary N) is 2. The molecule has 2 aromatic rings. The van der Waals surface area contributed by atoms with Crippen LogP contribution in [0.5, 0.6) is 5.75 Å². The van der Waals surface area contributed by atoms with Crippen molar-refractivity contribution in [2.45, 2.75) is 57.5 Å². The Kier molecular flexibility index (Phi) is 11.5. The molecule has 1 saturated heterocycles. The Morgan fingerprint density at radius 2 is 1.85 bits per heavy atom. The molecule has 2 bridgehead atoms. The van der Waals surface area contributed by atoms with Gasteiger partial charge in [0.1, 0.15) is 23.4 Å². The van der Waals surface area contributed by atoms with Gasteiger partial charge in [-0.15, -0.1) is 0 Å². The van der Waals surface area contributed by atoms with Gasteiger partial charge in [0.2, 0.25) is 11.8 Å². The Balaban J connectivity index is 1.47. The van der Waals surface area contributed by atoms with Crippen molar-refractivity contribution in [2.24, 2.45) is 5.92 Å². The van der Waals surface area contributed by atoms with Gasteiger partial charge in [-0.25, -0.2) is 4.39 Å². The number of Topliss-reactive ketones (excluding diaryl/α,β-unsaturated/α-hetero) is 1. The third kappa shape index (κ3) is 9.41. The van der Waals surface area contributed by atoms with Crippen molar-refractivity contribution in [1.29, 1.82) is 0 Å². The summed E-state index contributed by atoms with van der Waals surface area (Å²) in [6.07, 6.45) is 3.31. The van der Waals surface area contributed by atoms with Crippen LogP contribution in [0.1, 0.15) is 49.7 Å². The molecule has 2 aromatic carbocycles. The van der Waals surface area contributed by atoms with E-state index < -0.39 is 17.8 Å². The maximum atomic E-state index is 14.1. The molecule has 0 aromatic heterocycles. The second-order valence-electron chi connectivity index (χ2n) is 10.5. The van der Waals surface area contributed by atoms with Crippen molar-refractivity contribution in [2.75, 3.05) is 39.5 Å². The molecule has 2 heterocycles. The Morgan fingerprint density at radius 3 is 2.67 bits per heavy atom. The van der Waals surface area contributed by atoms with Crippen molar-refractivity contribution in [3.8, 4) is 5.75 Å². The normalized spacial score (nSPS) is 21.7. The monoisotopic (exact) mass is 553 g/mol. The number of carbonyl (C=O) groups is 3. The predicted molar refractivity (Wildman–Crippen MR) is 149 cm³/mol. The summed E-state index contributed by atoms with van der Waals surface area (Å²) < 4.78 is 25.4. The lowest BCUT2D eigenvalue weighted by molar-refractivity contribution is -0.133. The number of amides is 2. The first kappa shape index (κ1) is 29.7. The fraction of sp³-hybridized carbons (Fsp3) is 0.516. The SMILES string of the molecule is O=C1CCc2cccc(c2)OCCCC[C@@H](C(=O)NCc2ccccc2F)NC(=O)[C@H](CCN2CCOCC2)C1. The highest BCUT2D eigenvalue weighted by atomic mass is 19.1. The van der Waals surface area contributed by atoms with Gasteiger partial charge < -0.3 is 20.1 Å². The number of fused-ring (bicyclic) bond motifs is 2. The fourth-order valence-electron chi connectivity index (χ4n) is 5.09. The van der Waals surface area contributed by atoms with E-state index >= 15 is 0 Å². The van der Waals surface area contributed by atoms with Crippen LogP contribution in [-0.4, -0.2) is 68.0 Å². The molecule has 0 unspecified atom stereocenters. The maximum absolute atomic E-state index is 14.1. The number of aryl methyl sites for hydroxylation is 1. The summed E-state index contributed by atoms with van der Waals surface area (Å²) in [5.74, 6) is -0.830. The zero-order chi connectivity index (χ0) is 28.2. The summed E-state index contributed by atoms with van der Waals surface area (Å²) in [6, 6.07) is 13.2. The van der Waals surface area contributed by atoms with Crippen LogP contribution in [0.3, 0.4) is 0 Å². The summed E-state index contributed by atoms with van der Waals surface area (Å²) in [5, 5.41) is 5.71. The minimum absolute atomic E-state index is 0.0149. The second kappa shape index (κ2) is 15.5. The van der Waals surface area contributed by atoms with Crippen molar-refractivity contribution >= 4 is 17.6 Å². The van der Waals surface area contributed by atoms with E-state index in [9.17, 15) is 18.8 Å². The van der Waals surface area contributed by atoms with Crippen LogP contribution in [0.2, 0.25) is 0 Å². The number of ether oxygens (including phenoxy) is 2. The van der Waals surface area contributed by atoms with E-state index in [2.05, 4.69) is 15.5 Å². The zero-order valence-electron chi connectivity index (χ0n) is 23.0. The summed E-state index contributed by atoms with van der Waals surface area (Å²) >= 11 is 0. The molecule has 216 valence electrons. The van der Waals surface area contributed by atoms with E-state index in [-0.39, 0.29) is 30.6 Å². The highest BCUT2D eigenvalue weighted by molar-refractivity contribution is 5.91. The molecule has 8 nitrogen and oxygen atoms in total. The third-order valence-corrected chi connectivity index (χ3v) is 7.53. The second-order valence-corrected chi connectivity index (χ2v) is 10.5. The summed E-state index contributed by atoms with van der Waals surface area (Å²) in [4.78, 5) is 42.0. The fourth-order valence-corrected chi connectivity index (χ4v) is 5.09. The molecule has 2 aliphatic rings. The van der Waals surface area contributed by atoms with Crippen LogP contribution in [0.15, 0.2) is 48.5 Å². The zero-order valence-corrected chi connectivity index (χ0v) is 23.0. The highest BCUT2D eigenvalue weighted by Crippen LogP contribution is 2.19. The molecule has 9 heteroatoms. The topological polar surface area (TPSA) is 97.0 Å². The third-order valence-electron chi connectivity index (χ3n) is 7.53. The van der Waals surface area contributed by atoms with Gasteiger partial charge >= 0.3 is 0 Å².